The van der Waals surface area contributed by atoms with Crippen LogP contribution in [-0.2, 0) is 16.1 Å². The Bertz CT molecular complexity index is 1280. The number of non-ortho nitro benzene ring substituents is 1. The third-order valence-corrected chi connectivity index (χ3v) is 5.45. The van der Waals surface area contributed by atoms with E-state index >= 15 is 0 Å². The molecule has 4 rings (SSSR count). The third kappa shape index (κ3) is 5.09. The Hall–Kier alpha value is -3.98. The molecule has 0 radical (unpaired) electrons. The lowest BCUT2D eigenvalue weighted by molar-refractivity contribution is -0.384. The fraction of sp³-hybridized carbons (Fsp3) is 0.0833. The second kappa shape index (κ2) is 9.66. The lowest BCUT2D eigenvalue weighted by Gasteiger charge is -2.11. The lowest BCUT2D eigenvalue weighted by Crippen LogP contribution is -2.05. The molecule has 0 saturated carbocycles. The Labute approximate surface area is 197 Å². The van der Waals surface area contributed by atoms with Crippen LogP contribution in [0.3, 0.4) is 0 Å². The van der Waals surface area contributed by atoms with Crippen LogP contribution in [0.4, 0.5) is 5.69 Å². The van der Waals surface area contributed by atoms with Crippen LogP contribution in [0, 0.1) is 10.1 Å². The molecule has 3 aromatic rings. The molecule has 0 unspecified atom stereocenters. The van der Waals surface area contributed by atoms with E-state index in [0.29, 0.717) is 22.6 Å². The Morgan fingerprint density at radius 1 is 1.09 bits per heavy atom. The Morgan fingerprint density at radius 3 is 2.55 bits per heavy atom. The molecule has 1 aliphatic heterocycles. The Kier molecular flexibility index (Phi) is 6.50. The van der Waals surface area contributed by atoms with Crippen LogP contribution in [0.1, 0.15) is 16.7 Å². The molecule has 0 saturated heterocycles. The van der Waals surface area contributed by atoms with Gasteiger partial charge in [-0.1, -0.05) is 18.2 Å². The van der Waals surface area contributed by atoms with E-state index in [1.54, 1.807) is 42.5 Å². The van der Waals surface area contributed by atoms with Gasteiger partial charge < -0.3 is 14.2 Å². The molecule has 0 spiro atoms. The molecule has 0 aliphatic carbocycles. The highest BCUT2D eigenvalue weighted by Crippen LogP contribution is 2.31. The fourth-order valence-electron chi connectivity index (χ4n) is 3.09. The monoisotopic (exact) mass is 508 g/mol. The maximum Gasteiger partial charge on any atom is 0.363 e. The first-order valence-corrected chi connectivity index (χ1v) is 10.6. The summed E-state index contributed by atoms with van der Waals surface area (Å²) in [5, 5.41) is 10.8. The van der Waals surface area contributed by atoms with Gasteiger partial charge in [-0.2, -0.15) is 0 Å². The number of methoxy groups -OCH3 is 1. The minimum absolute atomic E-state index is 0.0181. The second-order valence-corrected chi connectivity index (χ2v) is 7.79. The van der Waals surface area contributed by atoms with E-state index in [2.05, 4.69) is 20.9 Å². The summed E-state index contributed by atoms with van der Waals surface area (Å²) in [7, 11) is 1.51. The SMILES string of the molecule is COc1cc(/C=C2\N=C(c3ccccc3Br)OC2=O)ccc1OCc1ccc([N+](=O)[O-])cc1. The van der Waals surface area contributed by atoms with Crippen LogP contribution in [0.5, 0.6) is 11.5 Å². The van der Waals surface area contributed by atoms with Gasteiger partial charge in [0.1, 0.15) is 6.61 Å². The number of nitro groups is 1. The van der Waals surface area contributed by atoms with Crippen molar-refractivity contribution in [2.45, 2.75) is 6.61 Å². The Balaban J connectivity index is 1.51. The molecule has 0 aromatic heterocycles. The molecule has 0 fully saturated rings. The number of carbonyl (C=O) groups is 1. The van der Waals surface area contributed by atoms with E-state index in [4.69, 9.17) is 14.2 Å². The minimum Gasteiger partial charge on any atom is -0.493 e. The first-order chi connectivity index (χ1) is 15.9. The van der Waals surface area contributed by atoms with Crippen molar-refractivity contribution in [3.8, 4) is 11.5 Å². The van der Waals surface area contributed by atoms with Crippen molar-refractivity contribution in [3.63, 3.8) is 0 Å². The van der Waals surface area contributed by atoms with E-state index in [1.807, 2.05) is 18.2 Å². The zero-order valence-electron chi connectivity index (χ0n) is 17.4. The van der Waals surface area contributed by atoms with Crippen LogP contribution in [-0.4, -0.2) is 23.9 Å². The van der Waals surface area contributed by atoms with Gasteiger partial charge in [0.2, 0.25) is 5.90 Å². The smallest absolute Gasteiger partial charge is 0.363 e. The van der Waals surface area contributed by atoms with Crippen LogP contribution in [0.15, 0.2) is 81.9 Å². The van der Waals surface area contributed by atoms with E-state index in [0.717, 1.165) is 10.0 Å². The number of halogens is 1. The highest BCUT2D eigenvalue weighted by molar-refractivity contribution is 9.10. The van der Waals surface area contributed by atoms with Crippen LogP contribution >= 0.6 is 15.9 Å². The average Bonchev–Trinajstić information content (AvgIpc) is 3.18. The first kappa shape index (κ1) is 22.2. The van der Waals surface area contributed by atoms with Gasteiger partial charge >= 0.3 is 5.97 Å². The van der Waals surface area contributed by atoms with Crippen molar-refractivity contribution < 1.29 is 23.9 Å². The number of cyclic esters (lactones) is 1. The lowest BCUT2D eigenvalue weighted by atomic mass is 10.1. The first-order valence-electron chi connectivity index (χ1n) is 9.76. The summed E-state index contributed by atoms with van der Waals surface area (Å²) >= 11 is 3.43. The summed E-state index contributed by atoms with van der Waals surface area (Å²) in [6.45, 7) is 0.209. The van der Waals surface area contributed by atoms with Crippen LogP contribution in [0.2, 0.25) is 0 Å². The van der Waals surface area contributed by atoms with E-state index < -0.39 is 10.9 Å². The average molecular weight is 509 g/mol. The number of aliphatic imine (C=N–C) groups is 1. The Morgan fingerprint density at radius 2 is 1.85 bits per heavy atom. The number of carbonyl (C=O) groups excluding carboxylic acids is 1. The maximum absolute atomic E-state index is 12.3. The highest BCUT2D eigenvalue weighted by Gasteiger charge is 2.25. The second-order valence-electron chi connectivity index (χ2n) is 6.94. The minimum atomic E-state index is -0.543. The molecule has 0 N–H and O–H groups in total. The molecule has 0 bridgehead atoms. The van der Waals surface area contributed by atoms with Crippen molar-refractivity contribution in [1.29, 1.82) is 0 Å². The van der Waals surface area contributed by atoms with Crippen molar-refractivity contribution >= 4 is 39.6 Å². The van der Waals surface area contributed by atoms with Gasteiger partial charge in [-0.3, -0.25) is 10.1 Å². The van der Waals surface area contributed by atoms with Gasteiger partial charge in [0.25, 0.3) is 5.69 Å². The topological polar surface area (TPSA) is 100 Å². The van der Waals surface area contributed by atoms with E-state index in [1.165, 1.54) is 19.2 Å². The molecular weight excluding hydrogens is 492 g/mol. The summed E-state index contributed by atoms with van der Waals surface area (Å²) in [6, 6.07) is 18.7. The normalized spacial score (nSPS) is 14.1. The molecule has 8 nitrogen and oxygen atoms in total. The molecular formula is C24H17BrN2O6. The molecule has 1 heterocycles. The zero-order chi connectivity index (χ0) is 23.4. The quantitative estimate of drug-likeness (QED) is 0.186. The summed E-state index contributed by atoms with van der Waals surface area (Å²) < 4.78 is 17.3. The van der Waals surface area contributed by atoms with Gasteiger partial charge in [0.05, 0.1) is 17.6 Å². The largest absolute Gasteiger partial charge is 0.493 e. The number of nitro benzene ring substituents is 1. The standard InChI is InChI=1S/C24H17BrN2O6/c1-31-22-13-16(8-11-21(22)32-14-15-6-9-17(10-7-15)27(29)30)12-20-24(28)33-23(26-20)18-4-2-3-5-19(18)25/h2-13H,14H2,1H3/b20-12-. The summed E-state index contributed by atoms with van der Waals surface area (Å²) in [5.74, 6) is 0.643. The zero-order valence-corrected chi connectivity index (χ0v) is 18.9. The number of ether oxygens (including phenoxy) is 3. The molecule has 33 heavy (non-hydrogen) atoms. The molecule has 1 aliphatic rings. The molecule has 9 heteroatoms. The summed E-state index contributed by atoms with van der Waals surface area (Å²) in [4.78, 5) is 26.9. The fourth-order valence-corrected chi connectivity index (χ4v) is 3.54. The van der Waals surface area contributed by atoms with Crippen molar-refractivity contribution in [3.05, 3.63) is 104 Å². The molecule has 0 atom stereocenters. The predicted molar refractivity (Wildman–Crippen MR) is 125 cm³/mol. The third-order valence-electron chi connectivity index (χ3n) is 4.76. The number of rotatable bonds is 7. The van der Waals surface area contributed by atoms with E-state index in [9.17, 15) is 14.9 Å². The van der Waals surface area contributed by atoms with Gasteiger partial charge in [0.15, 0.2) is 17.2 Å². The van der Waals surface area contributed by atoms with E-state index in [-0.39, 0.29) is 23.9 Å². The van der Waals surface area contributed by atoms with Crippen molar-refractivity contribution in [2.75, 3.05) is 7.11 Å². The number of nitrogens with zero attached hydrogens (tertiary/aromatic N) is 2. The molecule has 0 amide bonds. The van der Waals surface area contributed by atoms with Gasteiger partial charge in [-0.05, 0) is 69.5 Å². The van der Waals surface area contributed by atoms with Crippen LogP contribution in [0.25, 0.3) is 6.08 Å². The van der Waals surface area contributed by atoms with Gasteiger partial charge in [0, 0.05) is 16.6 Å². The number of esters is 1. The number of benzene rings is 3. The summed E-state index contributed by atoms with van der Waals surface area (Å²) in [6.07, 6.45) is 1.61. The van der Waals surface area contributed by atoms with Crippen LogP contribution < -0.4 is 9.47 Å². The van der Waals surface area contributed by atoms with Gasteiger partial charge in [-0.15, -0.1) is 0 Å². The maximum atomic E-state index is 12.3. The molecule has 166 valence electrons. The van der Waals surface area contributed by atoms with Gasteiger partial charge in [-0.25, -0.2) is 9.79 Å². The number of hydrogen-bond donors (Lipinski definition) is 0. The predicted octanol–water partition coefficient (Wildman–Crippen LogP) is 5.29. The number of hydrogen-bond acceptors (Lipinski definition) is 7. The van der Waals surface area contributed by atoms with Crippen molar-refractivity contribution in [1.82, 2.24) is 0 Å². The van der Waals surface area contributed by atoms with Crippen molar-refractivity contribution in [2.24, 2.45) is 4.99 Å². The summed E-state index contributed by atoms with van der Waals surface area (Å²) in [5.41, 5.74) is 2.32. The highest BCUT2D eigenvalue weighted by atomic mass is 79.9. The molecule has 3 aromatic carbocycles.